The number of hydrogen-bond donors (Lipinski definition) is 0. The Labute approximate surface area is 210 Å². The molecule has 8 nitrogen and oxygen atoms in total. The molecule has 0 radical (unpaired) electrons. The number of rotatable bonds is 6. The van der Waals surface area contributed by atoms with E-state index in [0.29, 0.717) is 0 Å². The Kier molecular flexibility index (Phi) is 6.56. The van der Waals surface area contributed by atoms with E-state index in [1.807, 2.05) is 33.8 Å². The Morgan fingerprint density at radius 2 is 1.33 bits per heavy atom. The van der Waals surface area contributed by atoms with Crippen LogP contribution in [0.25, 0.3) is 0 Å². The molecule has 0 saturated carbocycles. The predicted octanol–water partition coefficient (Wildman–Crippen LogP) is 3.19. The van der Waals surface area contributed by atoms with E-state index in [2.05, 4.69) is 0 Å². The Morgan fingerprint density at radius 3 is 1.86 bits per heavy atom. The number of ketones is 1. The lowest BCUT2D eigenvalue weighted by Gasteiger charge is -2.52. The zero-order chi connectivity index (χ0) is 26.3. The molecule has 2 heterocycles. The highest BCUT2D eigenvalue weighted by Crippen LogP contribution is 2.36. The SMILES string of the molecule is CC1(C)CC(=O)CC(C)(C)N1C(=O)COC(=O)[C@H](Cc1ccccc1)N1C(=O)c2ccccc2C1=O. The average Bonchev–Trinajstić information content (AvgIpc) is 3.05. The van der Waals surface area contributed by atoms with Gasteiger partial charge in [-0.3, -0.25) is 24.1 Å². The number of carbonyl (C=O) groups is 5. The van der Waals surface area contributed by atoms with Crippen LogP contribution >= 0.6 is 0 Å². The van der Waals surface area contributed by atoms with Gasteiger partial charge in [0.2, 0.25) is 0 Å². The molecular weight excluding hydrogens is 460 g/mol. The molecule has 1 atom stereocenters. The van der Waals surface area contributed by atoms with Gasteiger partial charge in [0, 0.05) is 30.3 Å². The second-order valence-corrected chi connectivity index (χ2v) is 10.6. The fourth-order valence-electron chi connectivity index (χ4n) is 5.58. The van der Waals surface area contributed by atoms with E-state index >= 15 is 0 Å². The van der Waals surface area contributed by atoms with E-state index in [1.54, 1.807) is 53.4 Å². The number of ether oxygens (including phenoxy) is 1. The number of benzene rings is 2. The fourth-order valence-corrected chi connectivity index (χ4v) is 5.58. The minimum atomic E-state index is -1.24. The first-order valence-electron chi connectivity index (χ1n) is 11.9. The van der Waals surface area contributed by atoms with Crippen LogP contribution in [0.1, 0.15) is 66.8 Å². The van der Waals surface area contributed by atoms with Crippen LogP contribution in [0.5, 0.6) is 0 Å². The third-order valence-electron chi connectivity index (χ3n) is 6.74. The predicted molar refractivity (Wildman–Crippen MR) is 131 cm³/mol. The van der Waals surface area contributed by atoms with E-state index in [-0.39, 0.29) is 36.2 Å². The fraction of sp³-hybridized carbons (Fsp3) is 0.393. The number of likely N-dealkylation sites (tertiary alicyclic amines) is 1. The van der Waals surface area contributed by atoms with Gasteiger partial charge in [0.15, 0.2) is 6.61 Å². The van der Waals surface area contributed by atoms with Gasteiger partial charge in [-0.25, -0.2) is 4.79 Å². The highest BCUT2D eigenvalue weighted by molar-refractivity contribution is 6.22. The third-order valence-corrected chi connectivity index (χ3v) is 6.74. The van der Waals surface area contributed by atoms with Crippen molar-refractivity contribution in [2.24, 2.45) is 0 Å². The van der Waals surface area contributed by atoms with Crippen LogP contribution in [0.15, 0.2) is 54.6 Å². The molecule has 2 aromatic carbocycles. The summed E-state index contributed by atoms with van der Waals surface area (Å²) in [7, 11) is 0. The number of hydrogen-bond acceptors (Lipinski definition) is 6. The first kappa shape index (κ1) is 25.3. The lowest BCUT2D eigenvalue weighted by Crippen LogP contribution is -2.64. The summed E-state index contributed by atoms with van der Waals surface area (Å²) >= 11 is 0. The van der Waals surface area contributed by atoms with Gasteiger partial charge in [0.25, 0.3) is 17.7 Å². The summed E-state index contributed by atoms with van der Waals surface area (Å²) in [6.45, 7) is 6.67. The van der Waals surface area contributed by atoms with Crippen LogP contribution in [0, 0.1) is 0 Å². The quantitative estimate of drug-likeness (QED) is 0.455. The third kappa shape index (κ3) is 4.67. The summed E-state index contributed by atoms with van der Waals surface area (Å²) in [6, 6.07) is 14.2. The molecule has 0 unspecified atom stereocenters. The molecule has 2 aliphatic heterocycles. The lowest BCUT2D eigenvalue weighted by atomic mass is 9.79. The van der Waals surface area contributed by atoms with E-state index in [0.717, 1.165) is 10.5 Å². The maximum absolute atomic E-state index is 13.3. The molecule has 0 bridgehead atoms. The van der Waals surface area contributed by atoms with Crippen LogP contribution in [0.2, 0.25) is 0 Å². The zero-order valence-corrected chi connectivity index (χ0v) is 20.9. The molecule has 1 saturated heterocycles. The topological polar surface area (TPSA) is 101 Å². The maximum atomic E-state index is 13.3. The number of amides is 3. The van der Waals surface area contributed by atoms with Crippen molar-refractivity contribution in [1.82, 2.24) is 9.80 Å². The van der Waals surface area contributed by atoms with Crippen molar-refractivity contribution in [1.29, 1.82) is 0 Å². The van der Waals surface area contributed by atoms with Crippen LogP contribution in [-0.2, 0) is 25.5 Å². The van der Waals surface area contributed by atoms with Crippen LogP contribution in [0.3, 0.4) is 0 Å². The number of Topliss-reactive ketones (excluding diaryl/α,β-unsaturated/α-hetero) is 1. The number of carbonyl (C=O) groups excluding carboxylic acids is 5. The molecule has 188 valence electrons. The Hall–Kier alpha value is -3.81. The minimum Gasteiger partial charge on any atom is -0.454 e. The van der Waals surface area contributed by atoms with Crippen molar-refractivity contribution in [3.8, 4) is 0 Å². The number of imide groups is 1. The van der Waals surface area contributed by atoms with Crippen LogP contribution < -0.4 is 0 Å². The summed E-state index contributed by atoms with van der Waals surface area (Å²) < 4.78 is 5.45. The van der Waals surface area contributed by atoms with Gasteiger partial charge in [-0.15, -0.1) is 0 Å². The lowest BCUT2D eigenvalue weighted by molar-refractivity contribution is -0.165. The smallest absolute Gasteiger partial charge is 0.330 e. The van der Waals surface area contributed by atoms with Crippen molar-refractivity contribution in [2.75, 3.05) is 6.61 Å². The van der Waals surface area contributed by atoms with Crippen molar-refractivity contribution >= 4 is 29.5 Å². The Bertz CT molecular complexity index is 1180. The second kappa shape index (κ2) is 9.33. The first-order chi connectivity index (χ1) is 16.9. The number of esters is 1. The second-order valence-electron chi connectivity index (χ2n) is 10.6. The average molecular weight is 491 g/mol. The monoisotopic (exact) mass is 490 g/mol. The first-order valence-corrected chi connectivity index (χ1v) is 11.9. The number of fused-ring (bicyclic) bond motifs is 1. The van der Waals surface area contributed by atoms with Gasteiger partial charge in [-0.05, 0) is 45.4 Å². The van der Waals surface area contributed by atoms with Crippen LogP contribution in [0.4, 0.5) is 0 Å². The van der Waals surface area contributed by atoms with Crippen molar-refractivity contribution in [3.05, 3.63) is 71.3 Å². The molecule has 0 aromatic heterocycles. The van der Waals surface area contributed by atoms with E-state index < -0.39 is 47.4 Å². The number of piperidine rings is 1. The highest BCUT2D eigenvalue weighted by atomic mass is 16.5. The molecular formula is C28H30N2O6. The summed E-state index contributed by atoms with van der Waals surface area (Å²) in [5.74, 6) is -2.36. The molecule has 0 spiro atoms. The molecule has 1 fully saturated rings. The number of nitrogens with zero attached hydrogens (tertiary/aromatic N) is 2. The molecule has 36 heavy (non-hydrogen) atoms. The normalized spacial score (nSPS) is 19.2. The van der Waals surface area contributed by atoms with Crippen molar-refractivity contribution < 1.29 is 28.7 Å². The standard InChI is InChI=1S/C28H30N2O6/c1-27(2)15-19(31)16-28(3,4)30(27)23(32)17-36-26(35)22(14-18-10-6-5-7-11-18)29-24(33)20-12-8-9-13-21(20)25(29)34/h5-13,22H,14-17H2,1-4H3/t22-/m0/s1. The molecule has 0 N–H and O–H groups in total. The van der Waals surface area contributed by atoms with Crippen LogP contribution in [-0.4, -0.2) is 63.0 Å². The molecule has 8 heteroatoms. The van der Waals surface area contributed by atoms with E-state index in [4.69, 9.17) is 4.74 Å². The largest absolute Gasteiger partial charge is 0.454 e. The van der Waals surface area contributed by atoms with Crippen molar-refractivity contribution in [2.45, 2.75) is 64.1 Å². The molecule has 4 rings (SSSR count). The Balaban J connectivity index is 1.57. The highest BCUT2D eigenvalue weighted by Gasteiger charge is 2.48. The van der Waals surface area contributed by atoms with Gasteiger partial charge in [0.05, 0.1) is 11.1 Å². The summed E-state index contributed by atoms with van der Waals surface area (Å²) in [5, 5.41) is 0. The van der Waals surface area contributed by atoms with E-state index in [9.17, 15) is 24.0 Å². The zero-order valence-electron chi connectivity index (χ0n) is 20.9. The van der Waals surface area contributed by atoms with Gasteiger partial charge >= 0.3 is 5.97 Å². The molecule has 2 aromatic rings. The summed E-state index contributed by atoms with van der Waals surface area (Å²) in [6.07, 6.45) is 0.470. The van der Waals surface area contributed by atoms with E-state index in [1.165, 1.54) is 0 Å². The molecule has 2 aliphatic rings. The maximum Gasteiger partial charge on any atom is 0.330 e. The van der Waals surface area contributed by atoms with Gasteiger partial charge in [0.1, 0.15) is 11.8 Å². The van der Waals surface area contributed by atoms with Crippen molar-refractivity contribution in [3.63, 3.8) is 0 Å². The van der Waals surface area contributed by atoms with Gasteiger partial charge < -0.3 is 9.64 Å². The molecule has 0 aliphatic carbocycles. The Morgan fingerprint density at radius 1 is 0.833 bits per heavy atom. The summed E-state index contributed by atoms with van der Waals surface area (Å²) in [4.78, 5) is 67.6. The summed E-state index contributed by atoms with van der Waals surface area (Å²) in [5.41, 5.74) is -0.293. The van der Waals surface area contributed by atoms with Gasteiger partial charge in [-0.2, -0.15) is 0 Å². The van der Waals surface area contributed by atoms with Gasteiger partial charge in [-0.1, -0.05) is 42.5 Å². The minimum absolute atomic E-state index is 0.0501. The molecule has 3 amide bonds.